The molecule has 0 spiro atoms. The van der Waals surface area contributed by atoms with Crippen molar-refractivity contribution >= 4 is 16.9 Å². The Bertz CT molecular complexity index is 219. The van der Waals surface area contributed by atoms with Gasteiger partial charge in [-0.25, -0.2) is 0 Å². The fourth-order valence-corrected chi connectivity index (χ4v) is 2.62. The first kappa shape index (κ1) is 12.8. The Morgan fingerprint density at radius 1 is 1.53 bits per heavy atom. The second-order valence-electron chi connectivity index (χ2n) is 4.22. The molecule has 1 aliphatic heterocycles. The van der Waals surface area contributed by atoms with E-state index in [1.165, 1.54) is 0 Å². The van der Waals surface area contributed by atoms with E-state index < -0.39 is 0 Å². The number of nitrogens with zero attached hydrogens (tertiary/aromatic N) is 1. The van der Waals surface area contributed by atoms with Gasteiger partial charge in [0.15, 0.2) is 5.17 Å². The van der Waals surface area contributed by atoms with Crippen LogP contribution in [0.25, 0.3) is 0 Å². The number of hydrogen-bond acceptors (Lipinski definition) is 3. The number of ether oxygens (including phenoxy) is 1. The molecule has 2 unspecified atom stereocenters. The lowest BCUT2D eigenvalue weighted by Gasteiger charge is -2.13. The summed E-state index contributed by atoms with van der Waals surface area (Å²) in [6, 6.07) is 0.580. The maximum Gasteiger partial charge on any atom is 0.156 e. The third-order valence-electron chi connectivity index (χ3n) is 2.46. The maximum absolute atomic E-state index is 5.43. The first-order chi connectivity index (χ1) is 7.13. The minimum Gasteiger partial charge on any atom is -0.377 e. The Balaban J connectivity index is 2.30. The first-order valence-corrected chi connectivity index (χ1v) is 6.67. The average molecular weight is 230 g/mol. The molecular formula is C11H22N2OS. The lowest BCUT2D eigenvalue weighted by Crippen LogP contribution is -2.32. The van der Waals surface area contributed by atoms with Gasteiger partial charge in [0, 0.05) is 18.4 Å². The van der Waals surface area contributed by atoms with Crippen LogP contribution in [0.4, 0.5) is 0 Å². The van der Waals surface area contributed by atoms with Gasteiger partial charge >= 0.3 is 0 Å². The predicted octanol–water partition coefficient (Wildman–Crippen LogP) is 2.13. The van der Waals surface area contributed by atoms with Crippen LogP contribution in [0.15, 0.2) is 4.99 Å². The summed E-state index contributed by atoms with van der Waals surface area (Å²) >= 11 is 1.82. The number of thioether (sulfide) groups is 1. The standard InChI is InChI=1S/C11H22N2OS/c1-5-14-9(4)6-12-11-13-10(7-15-11)8(2)3/h8-10H,5-7H2,1-4H3,(H,12,13). The molecule has 3 nitrogen and oxygen atoms in total. The minimum atomic E-state index is 0.225. The van der Waals surface area contributed by atoms with Crippen LogP contribution in [-0.4, -0.2) is 36.2 Å². The SMILES string of the molecule is CCOC(C)CN=C1NC(C(C)C)CS1. The van der Waals surface area contributed by atoms with Crippen molar-refractivity contribution in [1.82, 2.24) is 5.32 Å². The molecule has 1 heterocycles. The van der Waals surface area contributed by atoms with Crippen molar-refractivity contribution in [1.29, 1.82) is 0 Å². The molecule has 1 N–H and O–H groups in total. The molecule has 0 radical (unpaired) electrons. The van der Waals surface area contributed by atoms with Gasteiger partial charge in [0.25, 0.3) is 0 Å². The molecule has 1 rings (SSSR count). The molecule has 15 heavy (non-hydrogen) atoms. The van der Waals surface area contributed by atoms with Gasteiger partial charge in [0.2, 0.25) is 0 Å². The van der Waals surface area contributed by atoms with E-state index in [1.54, 1.807) is 0 Å². The second kappa shape index (κ2) is 6.38. The molecule has 0 saturated carbocycles. The molecule has 1 aliphatic rings. The van der Waals surface area contributed by atoms with Crippen LogP contribution in [-0.2, 0) is 4.74 Å². The number of amidine groups is 1. The predicted molar refractivity (Wildman–Crippen MR) is 67.6 cm³/mol. The zero-order valence-corrected chi connectivity index (χ0v) is 10.9. The Morgan fingerprint density at radius 3 is 2.80 bits per heavy atom. The Labute approximate surface area is 97.1 Å². The molecule has 88 valence electrons. The summed E-state index contributed by atoms with van der Waals surface area (Å²) < 4.78 is 5.43. The van der Waals surface area contributed by atoms with Gasteiger partial charge in [0.1, 0.15) is 0 Å². The quantitative estimate of drug-likeness (QED) is 0.785. The summed E-state index contributed by atoms with van der Waals surface area (Å²) in [5, 5.41) is 4.53. The van der Waals surface area contributed by atoms with E-state index in [2.05, 4.69) is 31.1 Å². The maximum atomic E-state index is 5.43. The first-order valence-electron chi connectivity index (χ1n) is 5.68. The minimum absolute atomic E-state index is 0.225. The lowest BCUT2D eigenvalue weighted by atomic mass is 10.1. The van der Waals surface area contributed by atoms with Crippen molar-refractivity contribution in [3.8, 4) is 0 Å². The lowest BCUT2D eigenvalue weighted by molar-refractivity contribution is 0.0829. The number of nitrogens with one attached hydrogen (secondary N) is 1. The van der Waals surface area contributed by atoms with E-state index in [0.29, 0.717) is 12.0 Å². The zero-order chi connectivity index (χ0) is 11.3. The molecule has 0 aromatic rings. The van der Waals surface area contributed by atoms with E-state index in [1.807, 2.05) is 18.7 Å². The molecule has 4 heteroatoms. The fraction of sp³-hybridized carbons (Fsp3) is 0.909. The van der Waals surface area contributed by atoms with Crippen molar-refractivity contribution in [2.24, 2.45) is 10.9 Å². The van der Waals surface area contributed by atoms with Gasteiger partial charge < -0.3 is 10.1 Å². The van der Waals surface area contributed by atoms with Gasteiger partial charge in [-0.1, -0.05) is 25.6 Å². The Kier molecular flexibility index (Phi) is 5.47. The fourth-order valence-electron chi connectivity index (χ4n) is 1.41. The number of hydrogen-bond donors (Lipinski definition) is 1. The van der Waals surface area contributed by atoms with Crippen LogP contribution >= 0.6 is 11.8 Å². The zero-order valence-electron chi connectivity index (χ0n) is 10.1. The third kappa shape index (κ3) is 4.43. The van der Waals surface area contributed by atoms with Gasteiger partial charge in [0.05, 0.1) is 12.6 Å². The van der Waals surface area contributed by atoms with Crippen LogP contribution in [0.3, 0.4) is 0 Å². The van der Waals surface area contributed by atoms with E-state index in [-0.39, 0.29) is 6.10 Å². The van der Waals surface area contributed by atoms with Gasteiger partial charge in [-0.3, -0.25) is 4.99 Å². The summed E-state index contributed by atoms with van der Waals surface area (Å²) in [6.45, 7) is 10.1. The smallest absolute Gasteiger partial charge is 0.156 e. The normalized spacial score (nSPS) is 25.9. The number of rotatable bonds is 5. The highest BCUT2D eigenvalue weighted by Gasteiger charge is 2.22. The van der Waals surface area contributed by atoms with Crippen LogP contribution < -0.4 is 5.32 Å². The van der Waals surface area contributed by atoms with Crippen LogP contribution in [0.1, 0.15) is 27.7 Å². The van der Waals surface area contributed by atoms with E-state index >= 15 is 0 Å². The van der Waals surface area contributed by atoms with Crippen molar-refractivity contribution in [2.75, 3.05) is 18.9 Å². The van der Waals surface area contributed by atoms with Crippen molar-refractivity contribution in [2.45, 2.75) is 39.8 Å². The molecule has 0 aliphatic carbocycles. The molecule has 0 amide bonds. The highest BCUT2D eigenvalue weighted by atomic mass is 32.2. The van der Waals surface area contributed by atoms with E-state index in [0.717, 1.165) is 24.1 Å². The highest BCUT2D eigenvalue weighted by Crippen LogP contribution is 2.18. The summed E-state index contributed by atoms with van der Waals surface area (Å²) in [7, 11) is 0. The molecule has 0 aromatic carbocycles. The molecule has 0 bridgehead atoms. The van der Waals surface area contributed by atoms with Crippen LogP contribution in [0.2, 0.25) is 0 Å². The second-order valence-corrected chi connectivity index (χ2v) is 5.23. The van der Waals surface area contributed by atoms with Gasteiger partial charge in [-0.2, -0.15) is 0 Å². The summed E-state index contributed by atoms with van der Waals surface area (Å²) in [5.74, 6) is 1.81. The van der Waals surface area contributed by atoms with Gasteiger partial charge in [-0.05, 0) is 19.8 Å². The highest BCUT2D eigenvalue weighted by molar-refractivity contribution is 8.14. The van der Waals surface area contributed by atoms with E-state index in [4.69, 9.17) is 4.74 Å². The summed E-state index contributed by atoms with van der Waals surface area (Å²) in [6.07, 6.45) is 0.225. The van der Waals surface area contributed by atoms with Crippen LogP contribution in [0.5, 0.6) is 0 Å². The van der Waals surface area contributed by atoms with Crippen molar-refractivity contribution < 1.29 is 4.74 Å². The van der Waals surface area contributed by atoms with Crippen molar-refractivity contribution in [3.05, 3.63) is 0 Å². The molecule has 1 saturated heterocycles. The molecule has 2 atom stereocenters. The molecule has 0 aromatic heterocycles. The third-order valence-corrected chi connectivity index (χ3v) is 3.50. The van der Waals surface area contributed by atoms with Gasteiger partial charge in [-0.15, -0.1) is 0 Å². The number of aliphatic imine (C=N–C) groups is 1. The summed E-state index contributed by atoms with van der Waals surface area (Å²) in [4.78, 5) is 4.52. The Hall–Kier alpha value is -0.220. The van der Waals surface area contributed by atoms with Crippen LogP contribution in [0, 0.1) is 5.92 Å². The molecule has 1 fully saturated rings. The topological polar surface area (TPSA) is 33.6 Å². The molecular weight excluding hydrogens is 208 g/mol. The van der Waals surface area contributed by atoms with E-state index in [9.17, 15) is 0 Å². The van der Waals surface area contributed by atoms with Crippen molar-refractivity contribution in [3.63, 3.8) is 0 Å². The summed E-state index contributed by atoms with van der Waals surface area (Å²) in [5.41, 5.74) is 0. The average Bonchev–Trinajstić information content (AvgIpc) is 2.63. The largest absolute Gasteiger partial charge is 0.377 e. The monoisotopic (exact) mass is 230 g/mol. The Morgan fingerprint density at radius 2 is 2.27 bits per heavy atom.